The third-order valence-corrected chi connectivity index (χ3v) is 6.22. The second kappa shape index (κ2) is 10.6. The molecule has 38 heavy (non-hydrogen) atoms. The van der Waals surface area contributed by atoms with Gasteiger partial charge in [0.25, 0.3) is 5.91 Å². The van der Waals surface area contributed by atoms with E-state index in [0.717, 1.165) is 17.7 Å². The first-order chi connectivity index (χ1) is 18.3. The predicted molar refractivity (Wildman–Crippen MR) is 134 cm³/mol. The van der Waals surface area contributed by atoms with Gasteiger partial charge in [-0.05, 0) is 36.8 Å². The van der Waals surface area contributed by atoms with E-state index in [0.29, 0.717) is 30.7 Å². The summed E-state index contributed by atoms with van der Waals surface area (Å²) in [6, 6.07) is 7.06. The number of ether oxygens (including phenoxy) is 3. The second-order valence-electron chi connectivity index (χ2n) is 8.97. The Balaban J connectivity index is 1.38. The number of anilines is 1. The maximum absolute atomic E-state index is 14.7. The zero-order valence-corrected chi connectivity index (χ0v) is 20.8. The highest BCUT2D eigenvalue weighted by atomic mass is 19.1. The SMILES string of the molecule is COc1ncc(-c2ccn3nc(N)nc3c2)cc1C(=O)NCc1cc(F)cc(F)c1OC1CCOC(C)C1. The molecule has 0 bridgehead atoms. The van der Waals surface area contributed by atoms with E-state index in [1.54, 1.807) is 30.6 Å². The van der Waals surface area contributed by atoms with Crippen LogP contribution in [0.1, 0.15) is 35.7 Å². The van der Waals surface area contributed by atoms with Crippen molar-refractivity contribution < 1.29 is 27.8 Å². The Morgan fingerprint density at radius 2 is 2.11 bits per heavy atom. The van der Waals surface area contributed by atoms with Crippen LogP contribution in [0, 0.1) is 11.6 Å². The number of nitrogens with zero attached hydrogens (tertiary/aromatic N) is 4. The molecule has 0 saturated carbocycles. The van der Waals surface area contributed by atoms with Crippen LogP contribution < -0.4 is 20.5 Å². The fraction of sp³-hybridized carbons (Fsp3) is 0.308. The van der Waals surface area contributed by atoms with Crippen molar-refractivity contribution in [3.05, 3.63) is 65.5 Å². The highest BCUT2D eigenvalue weighted by Gasteiger charge is 2.24. The van der Waals surface area contributed by atoms with Gasteiger partial charge in [0.2, 0.25) is 11.8 Å². The quantitative estimate of drug-likeness (QED) is 0.376. The maximum Gasteiger partial charge on any atom is 0.257 e. The van der Waals surface area contributed by atoms with Crippen LogP contribution >= 0.6 is 0 Å². The van der Waals surface area contributed by atoms with E-state index < -0.39 is 17.5 Å². The fourth-order valence-corrected chi connectivity index (χ4v) is 4.39. The number of benzene rings is 1. The predicted octanol–water partition coefficient (Wildman–Crippen LogP) is 3.54. The number of nitrogens with one attached hydrogen (secondary N) is 1. The Hall–Kier alpha value is -4.32. The number of pyridine rings is 2. The minimum atomic E-state index is -0.834. The number of nitrogen functional groups attached to an aromatic ring is 1. The monoisotopic (exact) mass is 524 g/mol. The molecule has 198 valence electrons. The second-order valence-corrected chi connectivity index (χ2v) is 8.97. The van der Waals surface area contributed by atoms with Gasteiger partial charge in [0.1, 0.15) is 17.5 Å². The largest absolute Gasteiger partial charge is 0.487 e. The first kappa shape index (κ1) is 25.3. The van der Waals surface area contributed by atoms with Crippen molar-refractivity contribution in [2.45, 2.75) is 38.5 Å². The molecule has 2 unspecified atom stereocenters. The zero-order chi connectivity index (χ0) is 26.8. The third kappa shape index (κ3) is 5.35. The number of methoxy groups -OCH3 is 1. The van der Waals surface area contributed by atoms with Crippen molar-refractivity contribution in [2.24, 2.45) is 0 Å². The van der Waals surface area contributed by atoms with Crippen molar-refractivity contribution in [1.82, 2.24) is 24.9 Å². The van der Waals surface area contributed by atoms with Crippen LogP contribution in [0.3, 0.4) is 0 Å². The van der Waals surface area contributed by atoms with Gasteiger partial charge in [0.05, 0.1) is 19.8 Å². The van der Waals surface area contributed by atoms with Crippen LogP contribution in [-0.4, -0.2) is 51.4 Å². The first-order valence-corrected chi connectivity index (χ1v) is 12.0. The summed E-state index contributed by atoms with van der Waals surface area (Å²) >= 11 is 0. The molecule has 1 aliphatic heterocycles. The molecule has 1 amide bonds. The molecule has 4 aromatic rings. The molecule has 10 nitrogen and oxygen atoms in total. The van der Waals surface area contributed by atoms with Crippen LogP contribution in [0.4, 0.5) is 14.7 Å². The Kier molecular flexibility index (Phi) is 7.05. The van der Waals surface area contributed by atoms with E-state index in [9.17, 15) is 13.6 Å². The van der Waals surface area contributed by atoms with E-state index in [4.69, 9.17) is 19.9 Å². The summed E-state index contributed by atoms with van der Waals surface area (Å²) in [6.45, 7) is 2.22. The van der Waals surface area contributed by atoms with E-state index in [2.05, 4.69) is 20.4 Å². The zero-order valence-electron chi connectivity index (χ0n) is 20.8. The van der Waals surface area contributed by atoms with Crippen LogP contribution in [0.25, 0.3) is 16.8 Å². The van der Waals surface area contributed by atoms with Crippen LogP contribution in [0.5, 0.6) is 11.6 Å². The Morgan fingerprint density at radius 3 is 2.89 bits per heavy atom. The van der Waals surface area contributed by atoms with Crippen LogP contribution in [0.2, 0.25) is 0 Å². The molecule has 3 aromatic heterocycles. The summed E-state index contributed by atoms with van der Waals surface area (Å²) in [5.41, 5.74) is 7.85. The molecule has 5 rings (SSSR count). The third-order valence-electron chi connectivity index (χ3n) is 6.22. The topological polar surface area (TPSA) is 126 Å². The summed E-state index contributed by atoms with van der Waals surface area (Å²) in [7, 11) is 1.40. The van der Waals surface area contributed by atoms with Crippen molar-refractivity contribution in [3.63, 3.8) is 0 Å². The number of carbonyl (C=O) groups is 1. The number of carbonyl (C=O) groups excluding carboxylic acids is 1. The molecular formula is C26H26F2N6O4. The Morgan fingerprint density at radius 1 is 1.26 bits per heavy atom. The lowest BCUT2D eigenvalue weighted by Crippen LogP contribution is -2.32. The Labute approximate surface area is 216 Å². The molecule has 1 saturated heterocycles. The van der Waals surface area contributed by atoms with Crippen LogP contribution in [-0.2, 0) is 11.3 Å². The van der Waals surface area contributed by atoms with Crippen molar-refractivity contribution in [3.8, 4) is 22.8 Å². The lowest BCUT2D eigenvalue weighted by molar-refractivity contribution is -0.0264. The molecular weight excluding hydrogens is 498 g/mol. The number of nitrogens with two attached hydrogens (primary N) is 1. The lowest BCUT2D eigenvalue weighted by atomic mass is 10.1. The highest BCUT2D eigenvalue weighted by molar-refractivity contribution is 5.97. The number of hydrogen-bond donors (Lipinski definition) is 2. The number of fused-ring (bicyclic) bond motifs is 1. The van der Waals surface area contributed by atoms with Crippen molar-refractivity contribution in [1.29, 1.82) is 0 Å². The van der Waals surface area contributed by atoms with E-state index >= 15 is 0 Å². The maximum atomic E-state index is 14.7. The molecule has 2 atom stereocenters. The van der Waals surface area contributed by atoms with Gasteiger partial charge in [0.15, 0.2) is 17.2 Å². The van der Waals surface area contributed by atoms with E-state index in [-0.39, 0.29) is 47.5 Å². The van der Waals surface area contributed by atoms with Gasteiger partial charge in [0, 0.05) is 49.0 Å². The number of amides is 1. The van der Waals surface area contributed by atoms with Gasteiger partial charge in [-0.1, -0.05) is 0 Å². The van der Waals surface area contributed by atoms with Gasteiger partial charge in [-0.2, -0.15) is 4.98 Å². The summed E-state index contributed by atoms with van der Waals surface area (Å²) in [6.07, 6.45) is 4.09. The molecule has 4 heterocycles. The molecule has 3 N–H and O–H groups in total. The van der Waals surface area contributed by atoms with Gasteiger partial charge >= 0.3 is 0 Å². The van der Waals surface area contributed by atoms with Crippen LogP contribution in [0.15, 0.2) is 42.7 Å². The average molecular weight is 525 g/mol. The summed E-state index contributed by atoms with van der Waals surface area (Å²) in [5, 5.41) is 6.75. The normalized spacial score (nSPS) is 17.4. The number of rotatable bonds is 7. The fourth-order valence-electron chi connectivity index (χ4n) is 4.39. The molecule has 1 fully saturated rings. The van der Waals surface area contributed by atoms with Gasteiger partial charge in [-0.3, -0.25) is 4.79 Å². The highest BCUT2D eigenvalue weighted by Crippen LogP contribution is 2.29. The molecule has 1 aliphatic rings. The minimum absolute atomic E-state index is 0.0320. The molecule has 0 radical (unpaired) electrons. The van der Waals surface area contributed by atoms with Crippen molar-refractivity contribution in [2.75, 3.05) is 19.5 Å². The molecule has 0 aliphatic carbocycles. The van der Waals surface area contributed by atoms with Gasteiger partial charge in [-0.25, -0.2) is 18.3 Å². The number of aromatic nitrogens is 4. The first-order valence-electron chi connectivity index (χ1n) is 12.0. The summed E-state index contributed by atoms with van der Waals surface area (Å²) < 4.78 is 47.1. The smallest absolute Gasteiger partial charge is 0.257 e. The van der Waals surface area contributed by atoms with Gasteiger partial charge < -0.3 is 25.3 Å². The Bertz CT molecular complexity index is 1490. The van der Waals surface area contributed by atoms with Gasteiger partial charge in [-0.15, -0.1) is 5.10 Å². The number of hydrogen-bond acceptors (Lipinski definition) is 8. The molecule has 0 spiro atoms. The van der Waals surface area contributed by atoms with E-state index in [1.807, 2.05) is 6.92 Å². The average Bonchev–Trinajstić information content (AvgIpc) is 3.28. The minimum Gasteiger partial charge on any atom is -0.487 e. The summed E-state index contributed by atoms with van der Waals surface area (Å²) in [4.78, 5) is 21.6. The standard InChI is InChI=1S/C26H26F2N6O4/c1-14-7-19(4-6-37-14)38-23-17(8-18(27)11-21(23)28)13-30-24(35)20-9-16(12-31-25(20)36-2)15-3-5-34-22(10-15)32-26(29)33-34/h3,5,8-12,14,19H,4,6-7,13H2,1-2H3,(H2,29,33)(H,30,35). The summed E-state index contributed by atoms with van der Waals surface area (Å²) in [5.74, 6) is -2.01. The lowest BCUT2D eigenvalue weighted by Gasteiger charge is -2.28. The van der Waals surface area contributed by atoms with Crippen molar-refractivity contribution >= 4 is 17.5 Å². The molecule has 12 heteroatoms. The van der Waals surface area contributed by atoms with E-state index in [1.165, 1.54) is 11.6 Å². The molecule has 1 aromatic carbocycles. The number of halogens is 2.